The van der Waals surface area contributed by atoms with Crippen LogP contribution in [0.15, 0.2) is 52.7 Å². The van der Waals surface area contributed by atoms with Gasteiger partial charge in [-0.25, -0.2) is 0 Å². The highest BCUT2D eigenvalue weighted by Gasteiger charge is 2.32. The van der Waals surface area contributed by atoms with Gasteiger partial charge in [-0.05, 0) is 43.2 Å². The van der Waals surface area contributed by atoms with Gasteiger partial charge in [-0.1, -0.05) is 41.6 Å². The molecule has 162 valence electrons. The van der Waals surface area contributed by atoms with Crippen molar-refractivity contribution >= 4 is 35.0 Å². The first-order valence-electron chi connectivity index (χ1n) is 9.70. The van der Waals surface area contributed by atoms with E-state index in [2.05, 4.69) is 15.5 Å². The van der Waals surface area contributed by atoms with Crippen molar-refractivity contribution < 1.29 is 24.2 Å². The molecule has 0 spiro atoms. The summed E-state index contributed by atoms with van der Waals surface area (Å²) < 4.78 is 11.6. The third-order valence-electron chi connectivity index (χ3n) is 4.27. The molecule has 9 heteroatoms. The maximum atomic E-state index is 11.7. The normalized spacial score (nSPS) is 17.2. The SMILES string of the molecule is CCOc1cc(C=NN=C2NC(=O)C(CC(=O)O)S2)ccc1OCc1ccc(C)cc1. The monoisotopic (exact) mass is 441 g/mol. The van der Waals surface area contributed by atoms with Crippen LogP contribution in [0.4, 0.5) is 0 Å². The molecule has 1 atom stereocenters. The second-order valence-corrected chi connectivity index (χ2v) is 7.95. The highest BCUT2D eigenvalue weighted by atomic mass is 32.2. The van der Waals surface area contributed by atoms with Gasteiger partial charge in [-0.15, -0.1) is 5.10 Å². The van der Waals surface area contributed by atoms with Crippen molar-refractivity contribution in [2.24, 2.45) is 10.2 Å². The van der Waals surface area contributed by atoms with Crippen molar-refractivity contribution in [1.29, 1.82) is 0 Å². The fourth-order valence-electron chi connectivity index (χ4n) is 2.73. The largest absolute Gasteiger partial charge is 0.490 e. The van der Waals surface area contributed by atoms with Crippen LogP contribution in [-0.2, 0) is 16.2 Å². The second-order valence-electron chi connectivity index (χ2n) is 6.76. The average molecular weight is 442 g/mol. The standard InChI is InChI=1S/C22H23N3O5S/c1-3-29-18-10-16(8-9-17(18)30-13-15-6-4-14(2)5-7-15)12-23-25-22-24-21(28)19(31-22)11-20(26)27/h4-10,12,19H,3,11,13H2,1-2H3,(H,26,27)(H,24,25,28). The first kappa shape index (κ1) is 22.4. The van der Waals surface area contributed by atoms with Crippen LogP contribution in [0.3, 0.4) is 0 Å². The molecule has 0 bridgehead atoms. The Morgan fingerprint density at radius 1 is 1.19 bits per heavy atom. The number of hydrogen-bond acceptors (Lipinski definition) is 7. The lowest BCUT2D eigenvalue weighted by Crippen LogP contribution is -2.26. The number of rotatable bonds is 9. The molecule has 31 heavy (non-hydrogen) atoms. The summed E-state index contributed by atoms with van der Waals surface area (Å²) in [6.07, 6.45) is 1.26. The van der Waals surface area contributed by atoms with E-state index in [1.807, 2.05) is 50.2 Å². The number of carbonyl (C=O) groups excluding carboxylic acids is 1. The topological polar surface area (TPSA) is 110 Å². The minimum atomic E-state index is -1.04. The third kappa shape index (κ3) is 6.58. The molecule has 2 aromatic carbocycles. The average Bonchev–Trinajstić information content (AvgIpc) is 3.07. The molecule has 0 aliphatic carbocycles. The van der Waals surface area contributed by atoms with Crippen LogP contribution >= 0.6 is 11.8 Å². The number of hydrogen-bond donors (Lipinski definition) is 2. The van der Waals surface area contributed by atoms with E-state index in [0.29, 0.717) is 24.7 Å². The summed E-state index contributed by atoms with van der Waals surface area (Å²) in [7, 11) is 0. The first-order valence-corrected chi connectivity index (χ1v) is 10.6. The molecule has 1 amide bonds. The van der Waals surface area contributed by atoms with Crippen molar-refractivity contribution in [3.8, 4) is 11.5 Å². The van der Waals surface area contributed by atoms with Crippen LogP contribution in [0.5, 0.6) is 11.5 Å². The molecule has 3 rings (SSSR count). The first-order chi connectivity index (χ1) is 14.9. The lowest BCUT2D eigenvalue weighted by atomic mass is 10.2. The molecule has 1 aliphatic heterocycles. The predicted molar refractivity (Wildman–Crippen MR) is 120 cm³/mol. The Morgan fingerprint density at radius 3 is 2.68 bits per heavy atom. The zero-order chi connectivity index (χ0) is 22.2. The molecule has 2 N–H and O–H groups in total. The van der Waals surface area contributed by atoms with Gasteiger partial charge in [0.05, 0.1) is 19.2 Å². The van der Waals surface area contributed by atoms with Crippen LogP contribution in [0.1, 0.15) is 30.0 Å². The van der Waals surface area contributed by atoms with Crippen molar-refractivity contribution in [3.05, 3.63) is 59.2 Å². The van der Waals surface area contributed by atoms with E-state index >= 15 is 0 Å². The van der Waals surface area contributed by atoms with E-state index in [4.69, 9.17) is 14.6 Å². The van der Waals surface area contributed by atoms with Crippen LogP contribution < -0.4 is 14.8 Å². The number of benzene rings is 2. The van der Waals surface area contributed by atoms with Gasteiger partial charge in [0, 0.05) is 0 Å². The van der Waals surface area contributed by atoms with Crippen LogP contribution in [-0.4, -0.2) is 40.2 Å². The summed E-state index contributed by atoms with van der Waals surface area (Å²) in [6.45, 7) is 4.84. The molecular weight excluding hydrogens is 418 g/mol. The number of thioether (sulfide) groups is 1. The Bertz CT molecular complexity index is 1000. The predicted octanol–water partition coefficient (Wildman–Crippen LogP) is 3.37. The molecule has 1 aliphatic rings. The molecule has 8 nitrogen and oxygen atoms in total. The number of aliphatic carboxylic acids is 1. The Balaban J connectivity index is 1.65. The minimum Gasteiger partial charge on any atom is -0.490 e. The van der Waals surface area contributed by atoms with Gasteiger partial charge in [-0.2, -0.15) is 5.10 Å². The lowest BCUT2D eigenvalue weighted by molar-refractivity contribution is -0.138. The Hall–Kier alpha value is -3.33. The highest BCUT2D eigenvalue weighted by Crippen LogP contribution is 2.29. The summed E-state index contributed by atoms with van der Waals surface area (Å²) in [5.41, 5.74) is 3.00. The van der Waals surface area contributed by atoms with Gasteiger partial charge >= 0.3 is 5.97 Å². The third-order valence-corrected chi connectivity index (χ3v) is 5.35. The maximum absolute atomic E-state index is 11.7. The summed E-state index contributed by atoms with van der Waals surface area (Å²) >= 11 is 1.05. The number of carboxylic acid groups (broad SMARTS) is 1. The van der Waals surface area contributed by atoms with Gasteiger partial charge in [0.1, 0.15) is 11.9 Å². The summed E-state index contributed by atoms with van der Waals surface area (Å²) in [6, 6.07) is 13.6. The lowest BCUT2D eigenvalue weighted by Gasteiger charge is -2.12. The molecule has 1 unspecified atom stereocenters. The van der Waals surface area contributed by atoms with Gasteiger partial charge < -0.3 is 19.9 Å². The zero-order valence-corrected chi connectivity index (χ0v) is 18.0. The quantitative estimate of drug-likeness (QED) is 0.456. The number of aryl methyl sites for hydroxylation is 1. The molecule has 1 fully saturated rings. The Kier molecular flexibility index (Phi) is 7.66. The summed E-state index contributed by atoms with van der Waals surface area (Å²) in [5, 5.41) is 18.9. The molecular formula is C22H23N3O5S. The summed E-state index contributed by atoms with van der Waals surface area (Å²) in [4.78, 5) is 22.5. The number of amidine groups is 1. The van der Waals surface area contributed by atoms with Gasteiger partial charge in [0.25, 0.3) is 0 Å². The Morgan fingerprint density at radius 2 is 1.97 bits per heavy atom. The number of nitrogens with zero attached hydrogens (tertiary/aromatic N) is 2. The van der Waals surface area contributed by atoms with E-state index in [-0.39, 0.29) is 17.5 Å². The maximum Gasteiger partial charge on any atom is 0.305 e. The number of carbonyl (C=O) groups is 2. The molecule has 0 aromatic heterocycles. The van der Waals surface area contributed by atoms with E-state index < -0.39 is 11.2 Å². The van der Waals surface area contributed by atoms with Crippen molar-refractivity contribution in [2.75, 3.05) is 6.61 Å². The molecule has 1 heterocycles. The number of amides is 1. The fraction of sp³-hybridized carbons (Fsp3) is 0.273. The van der Waals surface area contributed by atoms with Crippen LogP contribution in [0, 0.1) is 6.92 Å². The molecule has 2 aromatic rings. The van der Waals surface area contributed by atoms with E-state index in [0.717, 1.165) is 22.9 Å². The molecule has 0 radical (unpaired) electrons. The molecule has 1 saturated heterocycles. The Labute approximate surface area is 184 Å². The van der Waals surface area contributed by atoms with Crippen molar-refractivity contribution in [1.82, 2.24) is 5.32 Å². The van der Waals surface area contributed by atoms with E-state index in [1.54, 1.807) is 6.07 Å². The zero-order valence-electron chi connectivity index (χ0n) is 17.2. The van der Waals surface area contributed by atoms with Crippen LogP contribution in [0.25, 0.3) is 0 Å². The highest BCUT2D eigenvalue weighted by molar-refractivity contribution is 8.15. The van der Waals surface area contributed by atoms with Gasteiger partial charge in [-0.3, -0.25) is 9.59 Å². The number of ether oxygens (including phenoxy) is 2. The molecule has 0 saturated carbocycles. The van der Waals surface area contributed by atoms with Crippen molar-refractivity contribution in [2.45, 2.75) is 32.1 Å². The minimum absolute atomic E-state index is 0.263. The van der Waals surface area contributed by atoms with E-state index in [9.17, 15) is 9.59 Å². The second kappa shape index (κ2) is 10.6. The van der Waals surface area contributed by atoms with E-state index in [1.165, 1.54) is 11.8 Å². The van der Waals surface area contributed by atoms with Gasteiger partial charge in [0.2, 0.25) is 5.91 Å². The van der Waals surface area contributed by atoms with Crippen LogP contribution in [0.2, 0.25) is 0 Å². The van der Waals surface area contributed by atoms with Crippen molar-refractivity contribution in [3.63, 3.8) is 0 Å². The number of carboxylic acids is 1. The summed E-state index contributed by atoms with van der Waals surface area (Å²) in [5.74, 6) is -0.196. The van der Waals surface area contributed by atoms with Gasteiger partial charge in [0.15, 0.2) is 16.7 Å². The fourth-order valence-corrected chi connectivity index (χ4v) is 3.65. The number of nitrogens with one attached hydrogen (secondary N) is 1. The smallest absolute Gasteiger partial charge is 0.305 e.